The van der Waals surface area contributed by atoms with E-state index in [9.17, 15) is 8.78 Å². The SMILES string of the molecule is FC(F)C[C@@H](c1ccc2c(c1)OCCO2)N1CCNCC1. The zero-order valence-corrected chi connectivity index (χ0v) is 11.9. The number of fused-ring (bicyclic) bond motifs is 1. The normalized spacial score (nSPS) is 20.5. The van der Waals surface area contributed by atoms with Crippen molar-refractivity contribution in [3.05, 3.63) is 23.8 Å². The number of piperazine rings is 1. The van der Waals surface area contributed by atoms with Crippen molar-refractivity contribution in [1.82, 2.24) is 10.2 Å². The molecule has 0 aliphatic carbocycles. The average Bonchev–Trinajstić information content (AvgIpc) is 2.53. The van der Waals surface area contributed by atoms with Gasteiger partial charge in [0, 0.05) is 38.6 Å². The number of hydrogen-bond acceptors (Lipinski definition) is 4. The number of halogens is 2. The number of nitrogens with one attached hydrogen (secondary N) is 1. The molecule has 116 valence electrons. The van der Waals surface area contributed by atoms with Crippen LogP contribution in [-0.4, -0.2) is 50.7 Å². The zero-order valence-electron chi connectivity index (χ0n) is 11.9. The van der Waals surface area contributed by atoms with Crippen molar-refractivity contribution in [2.45, 2.75) is 18.9 Å². The smallest absolute Gasteiger partial charge is 0.240 e. The van der Waals surface area contributed by atoms with Crippen molar-refractivity contribution in [1.29, 1.82) is 0 Å². The highest BCUT2D eigenvalue weighted by Crippen LogP contribution is 2.36. The summed E-state index contributed by atoms with van der Waals surface area (Å²) < 4.78 is 37.0. The van der Waals surface area contributed by atoms with Crippen LogP contribution in [0.25, 0.3) is 0 Å². The van der Waals surface area contributed by atoms with Gasteiger partial charge in [-0.2, -0.15) is 0 Å². The summed E-state index contributed by atoms with van der Waals surface area (Å²) in [6.07, 6.45) is -2.47. The van der Waals surface area contributed by atoms with Crippen molar-refractivity contribution in [2.24, 2.45) is 0 Å². The van der Waals surface area contributed by atoms with E-state index in [0.717, 1.165) is 31.7 Å². The fourth-order valence-electron chi connectivity index (χ4n) is 2.93. The number of nitrogens with zero attached hydrogens (tertiary/aromatic N) is 1. The van der Waals surface area contributed by atoms with Crippen molar-refractivity contribution in [3.63, 3.8) is 0 Å². The first-order valence-electron chi connectivity index (χ1n) is 7.36. The Kier molecular flexibility index (Phi) is 4.55. The first-order valence-corrected chi connectivity index (χ1v) is 7.36. The molecule has 1 aromatic carbocycles. The van der Waals surface area contributed by atoms with E-state index in [4.69, 9.17) is 9.47 Å². The molecule has 6 heteroatoms. The van der Waals surface area contributed by atoms with Crippen LogP contribution in [-0.2, 0) is 0 Å². The number of rotatable bonds is 4. The summed E-state index contributed by atoms with van der Waals surface area (Å²) in [5.74, 6) is 1.36. The Hall–Kier alpha value is -1.40. The van der Waals surface area contributed by atoms with Gasteiger partial charge in [0.2, 0.25) is 6.43 Å². The summed E-state index contributed by atoms with van der Waals surface area (Å²) in [5, 5.41) is 3.25. The van der Waals surface area contributed by atoms with Crippen LogP contribution in [0.5, 0.6) is 11.5 Å². The van der Waals surface area contributed by atoms with Gasteiger partial charge in [-0.15, -0.1) is 0 Å². The molecule has 21 heavy (non-hydrogen) atoms. The maximum atomic E-state index is 13.0. The van der Waals surface area contributed by atoms with Gasteiger partial charge < -0.3 is 14.8 Å². The Labute approximate surface area is 123 Å². The monoisotopic (exact) mass is 298 g/mol. The predicted molar refractivity (Wildman–Crippen MR) is 75.2 cm³/mol. The Morgan fingerprint density at radius 2 is 1.81 bits per heavy atom. The second kappa shape index (κ2) is 6.58. The highest BCUT2D eigenvalue weighted by Gasteiger charge is 2.26. The topological polar surface area (TPSA) is 33.7 Å². The molecular weight excluding hydrogens is 278 g/mol. The minimum absolute atomic E-state index is 0.153. The molecule has 0 aromatic heterocycles. The largest absolute Gasteiger partial charge is 0.486 e. The van der Waals surface area contributed by atoms with E-state index in [0.29, 0.717) is 24.7 Å². The first-order chi connectivity index (χ1) is 10.2. The number of ether oxygens (including phenoxy) is 2. The minimum atomic E-state index is -2.32. The molecule has 0 bridgehead atoms. The van der Waals surface area contributed by atoms with Gasteiger partial charge in [0.1, 0.15) is 13.2 Å². The molecule has 0 spiro atoms. The number of benzene rings is 1. The molecule has 1 N–H and O–H groups in total. The maximum absolute atomic E-state index is 13.0. The van der Waals surface area contributed by atoms with Crippen molar-refractivity contribution >= 4 is 0 Å². The second-order valence-electron chi connectivity index (χ2n) is 5.33. The van der Waals surface area contributed by atoms with Gasteiger partial charge in [-0.3, -0.25) is 4.90 Å². The molecule has 2 aliphatic heterocycles. The van der Waals surface area contributed by atoms with Crippen molar-refractivity contribution < 1.29 is 18.3 Å². The lowest BCUT2D eigenvalue weighted by Gasteiger charge is -2.35. The molecule has 0 saturated carbocycles. The quantitative estimate of drug-likeness (QED) is 0.922. The summed E-state index contributed by atoms with van der Waals surface area (Å²) in [7, 11) is 0. The molecular formula is C15H20F2N2O2. The third kappa shape index (κ3) is 3.44. The molecule has 1 fully saturated rings. The van der Waals surface area contributed by atoms with Crippen LogP contribution in [0, 0.1) is 0 Å². The van der Waals surface area contributed by atoms with Crippen LogP contribution in [0.15, 0.2) is 18.2 Å². The maximum Gasteiger partial charge on any atom is 0.240 e. The molecule has 1 saturated heterocycles. The summed E-state index contributed by atoms with van der Waals surface area (Å²) in [5.41, 5.74) is 0.876. The third-order valence-corrected chi connectivity index (χ3v) is 3.94. The number of hydrogen-bond donors (Lipinski definition) is 1. The molecule has 4 nitrogen and oxygen atoms in total. The van der Waals surface area contributed by atoms with Crippen LogP contribution >= 0.6 is 0 Å². The van der Waals surface area contributed by atoms with Gasteiger partial charge in [0.25, 0.3) is 0 Å². The van der Waals surface area contributed by atoms with Gasteiger partial charge in [-0.1, -0.05) is 6.07 Å². The van der Waals surface area contributed by atoms with Gasteiger partial charge in [-0.05, 0) is 17.7 Å². The molecule has 0 radical (unpaired) electrons. The highest BCUT2D eigenvalue weighted by molar-refractivity contribution is 5.44. The lowest BCUT2D eigenvalue weighted by Crippen LogP contribution is -2.45. The molecule has 3 rings (SSSR count). The second-order valence-corrected chi connectivity index (χ2v) is 5.33. The lowest BCUT2D eigenvalue weighted by molar-refractivity contribution is 0.0736. The molecule has 1 atom stereocenters. The van der Waals surface area contributed by atoms with Crippen molar-refractivity contribution in [2.75, 3.05) is 39.4 Å². The van der Waals surface area contributed by atoms with E-state index in [1.807, 2.05) is 18.2 Å². The Morgan fingerprint density at radius 1 is 1.10 bits per heavy atom. The summed E-state index contributed by atoms with van der Waals surface area (Å²) in [6.45, 7) is 4.28. The molecule has 0 unspecified atom stereocenters. The fourth-order valence-corrected chi connectivity index (χ4v) is 2.93. The van der Waals surface area contributed by atoms with Crippen LogP contribution in [0.1, 0.15) is 18.0 Å². The third-order valence-electron chi connectivity index (χ3n) is 3.94. The summed E-state index contributed by atoms with van der Waals surface area (Å²) >= 11 is 0. The summed E-state index contributed by atoms with van der Waals surface area (Å²) in [6, 6.07) is 5.28. The van der Waals surface area contributed by atoms with Gasteiger partial charge >= 0.3 is 0 Å². The Morgan fingerprint density at radius 3 is 2.52 bits per heavy atom. The van der Waals surface area contributed by atoms with Crippen LogP contribution in [0.2, 0.25) is 0 Å². The zero-order chi connectivity index (χ0) is 14.7. The van der Waals surface area contributed by atoms with E-state index < -0.39 is 6.43 Å². The average molecular weight is 298 g/mol. The van der Waals surface area contributed by atoms with Gasteiger partial charge in [0.15, 0.2) is 11.5 Å². The number of alkyl halides is 2. The van der Waals surface area contributed by atoms with E-state index in [2.05, 4.69) is 10.2 Å². The van der Waals surface area contributed by atoms with Gasteiger partial charge in [-0.25, -0.2) is 8.78 Å². The lowest BCUT2D eigenvalue weighted by atomic mass is 10.0. The first kappa shape index (κ1) is 14.5. The molecule has 2 heterocycles. The minimum Gasteiger partial charge on any atom is -0.486 e. The van der Waals surface area contributed by atoms with Crippen molar-refractivity contribution in [3.8, 4) is 11.5 Å². The molecule has 2 aliphatic rings. The van der Waals surface area contributed by atoms with Crippen LogP contribution in [0.4, 0.5) is 8.78 Å². The Bertz CT molecular complexity index is 479. The Balaban J connectivity index is 1.84. The molecule has 0 amide bonds. The summed E-state index contributed by atoms with van der Waals surface area (Å²) in [4.78, 5) is 2.12. The predicted octanol–water partition coefficient (Wildman–Crippen LogP) is 2.06. The molecule has 1 aromatic rings. The van der Waals surface area contributed by atoms with Crippen LogP contribution in [0.3, 0.4) is 0 Å². The van der Waals surface area contributed by atoms with E-state index >= 15 is 0 Å². The fraction of sp³-hybridized carbons (Fsp3) is 0.600. The van der Waals surface area contributed by atoms with E-state index in [1.165, 1.54) is 0 Å². The standard InChI is InChI=1S/C15H20F2N2O2/c16-15(17)10-12(19-5-3-18-4-6-19)11-1-2-13-14(9-11)21-8-7-20-13/h1-2,9,12,15,18H,3-8,10H2/t12-/m0/s1. The van der Waals surface area contributed by atoms with Gasteiger partial charge in [0.05, 0.1) is 0 Å². The van der Waals surface area contributed by atoms with Crippen LogP contribution < -0.4 is 14.8 Å². The van der Waals surface area contributed by atoms with E-state index in [1.54, 1.807) is 0 Å². The van der Waals surface area contributed by atoms with E-state index in [-0.39, 0.29) is 12.5 Å². The highest BCUT2D eigenvalue weighted by atomic mass is 19.3.